The Labute approximate surface area is 122 Å². The van der Waals surface area contributed by atoms with Crippen LogP contribution in [0.2, 0.25) is 5.02 Å². The number of ether oxygens (including phenoxy) is 1. The zero-order valence-electron chi connectivity index (χ0n) is 12.3. The van der Waals surface area contributed by atoms with E-state index in [1.165, 1.54) is 19.3 Å². The lowest BCUT2D eigenvalue weighted by molar-refractivity contribution is 0.304. The predicted octanol–water partition coefficient (Wildman–Crippen LogP) is 4.59. The molecule has 0 saturated heterocycles. The maximum atomic E-state index is 6.11. The summed E-state index contributed by atoms with van der Waals surface area (Å²) in [6, 6.07) is 6.50. The summed E-state index contributed by atoms with van der Waals surface area (Å²) in [4.78, 5) is 0. The summed E-state index contributed by atoms with van der Waals surface area (Å²) < 4.78 is 5.69. The molecule has 0 radical (unpaired) electrons. The second-order valence-electron chi connectivity index (χ2n) is 5.31. The molecule has 1 rings (SSSR count). The maximum absolute atomic E-state index is 6.11. The van der Waals surface area contributed by atoms with Crippen LogP contribution in [0.4, 0.5) is 0 Å². The fourth-order valence-corrected chi connectivity index (χ4v) is 2.17. The van der Waals surface area contributed by atoms with Crippen LogP contribution < -0.4 is 10.1 Å². The van der Waals surface area contributed by atoms with Gasteiger partial charge in [-0.15, -0.1) is 0 Å². The lowest BCUT2D eigenvalue weighted by Gasteiger charge is -2.09. The van der Waals surface area contributed by atoms with Crippen LogP contribution in [0.1, 0.15) is 45.1 Å². The molecule has 3 heteroatoms. The average Bonchev–Trinajstić information content (AvgIpc) is 2.34. The molecule has 0 atom stereocenters. The summed E-state index contributed by atoms with van der Waals surface area (Å²) in [5.74, 6) is 0.800. The minimum absolute atomic E-state index is 0.590. The van der Waals surface area contributed by atoms with Gasteiger partial charge >= 0.3 is 0 Å². The van der Waals surface area contributed by atoms with E-state index in [4.69, 9.17) is 16.3 Å². The molecule has 0 fully saturated rings. The molecule has 1 aromatic carbocycles. The molecule has 0 unspecified atom stereocenters. The van der Waals surface area contributed by atoms with Crippen molar-refractivity contribution in [2.75, 3.05) is 13.2 Å². The quantitative estimate of drug-likeness (QED) is 0.670. The molecule has 1 N–H and O–H groups in total. The van der Waals surface area contributed by atoms with Crippen molar-refractivity contribution in [1.82, 2.24) is 5.32 Å². The summed E-state index contributed by atoms with van der Waals surface area (Å²) in [6.07, 6.45) is 4.79. The summed E-state index contributed by atoms with van der Waals surface area (Å²) in [6.45, 7) is 8.25. The van der Waals surface area contributed by atoms with E-state index < -0.39 is 0 Å². The van der Waals surface area contributed by atoms with Crippen LogP contribution in [0.25, 0.3) is 0 Å². The van der Waals surface area contributed by atoms with Gasteiger partial charge in [-0.3, -0.25) is 0 Å². The van der Waals surface area contributed by atoms with Gasteiger partial charge in [-0.05, 0) is 44.0 Å². The smallest absolute Gasteiger partial charge is 0.137 e. The van der Waals surface area contributed by atoms with E-state index in [9.17, 15) is 0 Å². The van der Waals surface area contributed by atoms with E-state index in [0.29, 0.717) is 11.1 Å². The van der Waals surface area contributed by atoms with Crippen LogP contribution in [0, 0.1) is 6.92 Å². The highest BCUT2D eigenvalue weighted by atomic mass is 35.5. The Morgan fingerprint density at radius 2 is 1.89 bits per heavy atom. The van der Waals surface area contributed by atoms with Gasteiger partial charge in [0, 0.05) is 6.04 Å². The van der Waals surface area contributed by atoms with Crippen LogP contribution in [0.15, 0.2) is 18.2 Å². The number of hydrogen-bond acceptors (Lipinski definition) is 2. The number of rotatable bonds is 9. The molecular weight excluding hydrogens is 258 g/mol. The molecule has 2 nitrogen and oxygen atoms in total. The lowest BCUT2D eigenvalue weighted by Crippen LogP contribution is -2.23. The van der Waals surface area contributed by atoms with Crippen LogP contribution in [-0.2, 0) is 0 Å². The van der Waals surface area contributed by atoms with Gasteiger partial charge < -0.3 is 10.1 Å². The van der Waals surface area contributed by atoms with Gasteiger partial charge in [-0.25, -0.2) is 0 Å². The van der Waals surface area contributed by atoms with Gasteiger partial charge in [0.1, 0.15) is 5.75 Å². The van der Waals surface area contributed by atoms with Gasteiger partial charge in [-0.2, -0.15) is 0 Å². The fourth-order valence-electron chi connectivity index (χ4n) is 1.88. The van der Waals surface area contributed by atoms with Crippen molar-refractivity contribution in [2.45, 2.75) is 52.5 Å². The largest absolute Gasteiger partial charge is 0.492 e. The third-order valence-corrected chi connectivity index (χ3v) is 3.26. The first-order valence-electron chi connectivity index (χ1n) is 7.22. The first kappa shape index (κ1) is 16.3. The lowest BCUT2D eigenvalue weighted by atomic mass is 10.2. The van der Waals surface area contributed by atoms with Crippen molar-refractivity contribution in [3.8, 4) is 5.75 Å². The highest BCUT2D eigenvalue weighted by Crippen LogP contribution is 2.25. The minimum atomic E-state index is 0.590. The monoisotopic (exact) mass is 283 g/mol. The summed E-state index contributed by atoms with van der Waals surface area (Å²) in [7, 11) is 0. The molecule has 0 aliphatic carbocycles. The topological polar surface area (TPSA) is 21.3 Å². The number of benzene rings is 1. The Kier molecular flexibility index (Phi) is 7.92. The molecule has 0 saturated carbocycles. The van der Waals surface area contributed by atoms with E-state index in [1.807, 2.05) is 25.1 Å². The van der Waals surface area contributed by atoms with Crippen LogP contribution >= 0.6 is 11.6 Å². The molecule has 19 heavy (non-hydrogen) atoms. The van der Waals surface area contributed by atoms with Gasteiger partial charge in [0.15, 0.2) is 0 Å². The normalized spacial score (nSPS) is 11.0. The predicted molar refractivity (Wildman–Crippen MR) is 83.3 cm³/mol. The molecular formula is C16H26ClNO. The number of aryl methyl sites for hydroxylation is 1. The zero-order valence-corrected chi connectivity index (χ0v) is 13.1. The second kappa shape index (κ2) is 9.22. The molecule has 0 amide bonds. The SMILES string of the molecule is Cc1ccc(OCCCCCCNC(C)C)c(Cl)c1. The van der Waals surface area contributed by atoms with Crippen molar-refractivity contribution in [3.05, 3.63) is 28.8 Å². The Morgan fingerprint density at radius 3 is 2.58 bits per heavy atom. The summed E-state index contributed by atoms with van der Waals surface area (Å²) in [5, 5.41) is 4.14. The average molecular weight is 284 g/mol. The van der Waals surface area contributed by atoms with E-state index in [-0.39, 0.29) is 0 Å². The third-order valence-electron chi connectivity index (χ3n) is 2.97. The first-order chi connectivity index (χ1) is 9.09. The standard InChI is InChI=1S/C16H26ClNO/c1-13(2)18-10-6-4-5-7-11-19-16-9-8-14(3)12-15(16)17/h8-9,12-13,18H,4-7,10-11H2,1-3H3. The molecule has 0 bridgehead atoms. The molecule has 0 aliphatic rings. The van der Waals surface area contributed by atoms with E-state index in [2.05, 4.69) is 19.2 Å². The summed E-state index contributed by atoms with van der Waals surface area (Å²) in [5.41, 5.74) is 1.16. The number of hydrogen-bond donors (Lipinski definition) is 1. The Bertz CT molecular complexity index is 366. The van der Waals surface area contributed by atoms with Crippen molar-refractivity contribution in [1.29, 1.82) is 0 Å². The van der Waals surface area contributed by atoms with Gasteiger partial charge in [-0.1, -0.05) is 44.4 Å². The number of unbranched alkanes of at least 4 members (excludes halogenated alkanes) is 3. The molecule has 108 valence electrons. The first-order valence-corrected chi connectivity index (χ1v) is 7.59. The van der Waals surface area contributed by atoms with Gasteiger partial charge in [0.05, 0.1) is 11.6 Å². The highest BCUT2D eigenvalue weighted by Gasteiger charge is 2.01. The van der Waals surface area contributed by atoms with Crippen LogP contribution in [0.5, 0.6) is 5.75 Å². The molecule has 1 aromatic rings. The Hall–Kier alpha value is -0.730. The second-order valence-corrected chi connectivity index (χ2v) is 5.71. The number of nitrogens with one attached hydrogen (secondary N) is 1. The minimum Gasteiger partial charge on any atom is -0.492 e. The molecule has 0 heterocycles. The fraction of sp³-hybridized carbons (Fsp3) is 0.625. The van der Waals surface area contributed by atoms with E-state index in [0.717, 1.165) is 30.9 Å². The zero-order chi connectivity index (χ0) is 14.1. The van der Waals surface area contributed by atoms with Crippen molar-refractivity contribution < 1.29 is 4.74 Å². The van der Waals surface area contributed by atoms with E-state index in [1.54, 1.807) is 0 Å². The molecule has 0 aliphatic heterocycles. The van der Waals surface area contributed by atoms with Gasteiger partial charge in [0.2, 0.25) is 0 Å². The van der Waals surface area contributed by atoms with Crippen molar-refractivity contribution in [3.63, 3.8) is 0 Å². The van der Waals surface area contributed by atoms with Crippen LogP contribution in [-0.4, -0.2) is 19.2 Å². The summed E-state index contributed by atoms with van der Waals surface area (Å²) >= 11 is 6.11. The van der Waals surface area contributed by atoms with Gasteiger partial charge in [0.25, 0.3) is 0 Å². The van der Waals surface area contributed by atoms with Crippen LogP contribution in [0.3, 0.4) is 0 Å². The number of halogens is 1. The van der Waals surface area contributed by atoms with E-state index >= 15 is 0 Å². The third kappa shape index (κ3) is 7.44. The van der Waals surface area contributed by atoms with Crippen molar-refractivity contribution >= 4 is 11.6 Å². The molecule has 0 aromatic heterocycles. The molecule has 0 spiro atoms. The van der Waals surface area contributed by atoms with Crippen molar-refractivity contribution in [2.24, 2.45) is 0 Å². The Morgan fingerprint density at radius 1 is 1.16 bits per heavy atom. The maximum Gasteiger partial charge on any atom is 0.137 e. The Balaban J connectivity index is 2.04. The highest BCUT2D eigenvalue weighted by molar-refractivity contribution is 6.32.